The predicted molar refractivity (Wildman–Crippen MR) is 104 cm³/mol. The van der Waals surface area contributed by atoms with Gasteiger partial charge in [0, 0.05) is 10.9 Å². The van der Waals surface area contributed by atoms with E-state index < -0.39 is 11.6 Å². The summed E-state index contributed by atoms with van der Waals surface area (Å²) < 4.78 is 0.925. The summed E-state index contributed by atoms with van der Waals surface area (Å²) in [5.41, 5.74) is 7.06. The summed E-state index contributed by atoms with van der Waals surface area (Å²) in [7, 11) is 0. The van der Waals surface area contributed by atoms with Crippen LogP contribution in [0.4, 0.5) is 4.79 Å². The molecule has 3 N–H and O–H groups in total. The summed E-state index contributed by atoms with van der Waals surface area (Å²) >= 11 is 1.20. The molecular formula is C20H14N2O3S. The molecule has 0 saturated carbocycles. The smallest absolute Gasteiger partial charge is 0.327 e. The number of amides is 1. The molecule has 6 heteroatoms. The quantitative estimate of drug-likeness (QED) is 0.564. The zero-order chi connectivity index (χ0) is 18.3. The standard InChI is InChI=1S/C20H14N2O3S/c21-20(25)22-18(24)15(13-9-5-2-6-10-13)17(23)16-14(11-26-19(16)22)12-7-3-1-4-8-12/h1-11,23H,(H2,21,25). The molecule has 4 aromatic rings. The van der Waals surface area contributed by atoms with Gasteiger partial charge in [-0.3, -0.25) is 4.79 Å². The van der Waals surface area contributed by atoms with E-state index in [0.29, 0.717) is 15.8 Å². The molecule has 0 radical (unpaired) electrons. The Hall–Kier alpha value is -3.38. The van der Waals surface area contributed by atoms with Crippen molar-refractivity contribution >= 4 is 27.6 Å². The van der Waals surface area contributed by atoms with Crippen molar-refractivity contribution in [2.75, 3.05) is 0 Å². The molecule has 0 unspecified atom stereocenters. The SMILES string of the molecule is NC(=O)n1c(=O)c(-c2ccccc2)c(O)c2c(-c3ccccc3)csc21. The van der Waals surface area contributed by atoms with Gasteiger partial charge in [0.1, 0.15) is 10.6 Å². The van der Waals surface area contributed by atoms with Crippen LogP contribution in [0.25, 0.3) is 32.5 Å². The van der Waals surface area contributed by atoms with Crippen LogP contribution in [0, 0.1) is 0 Å². The first-order valence-electron chi connectivity index (χ1n) is 7.89. The number of aromatic nitrogens is 1. The monoisotopic (exact) mass is 362 g/mol. The number of carbonyl (C=O) groups is 1. The van der Waals surface area contributed by atoms with Crippen LogP contribution < -0.4 is 11.3 Å². The van der Waals surface area contributed by atoms with E-state index in [2.05, 4.69) is 0 Å². The molecule has 2 aromatic carbocycles. The Bertz CT molecular complexity index is 1180. The second-order valence-electron chi connectivity index (χ2n) is 5.76. The first-order valence-corrected chi connectivity index (χ1v) is 8.77. The van der Waals surface area contributed by atoms with Crippen LogP contribution in [-0.4, -0.2) is 15.7 Å². The molecule has 0 spiro atoms. The maximum absolute atomic E-state index is 12.9. The summed E-state index contributed by atoms with van der Waals surface area (Å²) in [6.45, 7) is 0. The molecule has 5 nitrogen and oxygen atoms in total. The first-order chi connectivity index (χ1) is 12.6. The van der Waals surface area contributed by atoms with E-state index in [4.69, 9.17) is 5.73 Å². The lowest BCUT2D eigenvalue weighted by molar-refractivity contribution is 0.250. The van der Waals surface area contributed by atoms with Gasteiger partial charge in [-0.25, -0.2) is 9.36 Å². The van der Waals surface area contributed by atoms with E-state index in [0.717, 1.165) is 15.7 Å². The number of primary amides is 1. The van der Waals surface area contributed by atoms with Gasteiger partial charge in [0.15, 0.2) is 0 Å². The molecule has 0 aliphatic heterocycles. The number of pyridine rings is 1. The van der Waals surface area contributed by atoms with Crippen LogP contribution in [0.5, 0.6) is 5.75 Å². The van der Waals surface area contributed by atoms with Gasteiger partial charge in [-0.15, -0.1) is 11.3 Å². The topological polar surface area (TPSA) is 85.3 Å². The van der Waals surface area contributed by atoms with E-state index >= 15 is 0 Å². The number of rotatable bonds is 2. The maximum atomic E-state index is 12.9. The van der Waals surface area contributed by atoms with Gasteiger partial charge in [0.2, 0.25) is 0 Å². The van der Waals surface area contributed by atoms with Gasteiger partial charge in [-0.2, -0.15) is 0 Å². The van der Waals surface area contributed by atoms with Gasteiger partial charge in [-0.05, 0) is 11.1 Å². The molecule has 0 aliphatic rings. The van der Waals surface area contributed by atoms with Crippen molar-refractivity contribution < 1.29 is 9.90 Å². The van der Waals surface area contributed by atoms with Crippen molar-refractivity contribution in [3.63, 3.8) is 0 Å². The lowest BCUT2D eigenvalue weighted by Gasteiger charge is -2.11. The zero-order valence-electron chi connectivity index (χ0n) is 13.5. The van der Waals surface area contributed by atoms with Crippen LogP contribution in [-0.2, 0) is 0 Å². The zero-order valence-corrected chi connectivity index (χ0v) is 14.4. The average molecular weight is 362 g/mol. The third-order valence-electron chi connectivity index (χ3n) is 4.23. The van der Waals surface area contributed by atoms with Crippen molar-refractivity contribution in [1.29, 1.82) is 0 Å². The number of nitrogens with zero attached hydrogens (tertiary/aromatic N) is 1. The van der Waals surface area contributed by atoms with Gasteiger partial charge < -0.3 is 10.8 Å². The highest BCUT2D eigenvalue weighted by Crippen LogP contribution is 2.42. The molecular weight excluding hydrogens is 348 g/mol. The highest BCUT2D eigenvalue weighted by molar-refractivity contribution is 7.17. The largest absolute Gasteiger partial charge is 0.506 e. The maximum Gasteiger partial charge on any atom is 0.327 e. The summed E-state index contributed by atoms with van der Waals surface area (Å²) in [5.74, 6) is -0.145. The van der Waals surface area contributed by atoms with Gasteiger partial charge in [0.05, 0.1) is 10.9 Å². The molecule has 26 heavy (non-hydrogen) atoms. The molecule has 0 atom stereocenters. The second-order valence-corrected chi connectivity index (χ2v) is 6.62. The number of aromatic hydroxyl groups is 1. The average Bonchev–Trinajstić information content (AvgIpc) is 3.08. The van der Waals surface area contributed by atoms with E-state index in [1.165, 1.54) is 11.3 Å². The van der Waals surface area contributed by atoms with Crippen LogP contribution in [0.3, 0.4) is 0 Å². The number of carbonyl (C=O) groups excluding carboxylic acids is 1. The number of benzene rings is 2. The van der Waals surface area contributed by atoms with Crippen LogP contribution in [0.2, 0.25) is 0 Å². The van der Waals surface area contributed by atoms with E-state index in [9.17, 15) is 14.7 Å². The fourth-order valence-corrected chi connectivity index (χ4v) is 4.15. The Morgan fingerprint density at radius 3 is 2.12 bits per heavy atom. The van der Waals surface area contributed by atoms with Crippen LogP contribution in [0.15, 0.2) is 70.8 Å². The van der Waals surface area contributed by atoms with Crippen molar-refractivity contribution in [3.8, 4) is 28.0 Å². The summed E-state index contributed by atoms with van der Waals surface area (Å²) in [4.78, 5) is 25.2. The second kappa shape index (κ2) is 6.16. The normalized spacial score (nSPS) is 10.9. The molecule has 4 rings (SSSR count). The van der Waals surface area contributed by atoms with Crippen molar-refractivity contribution in [2.45, 2.75) is 0 Å². The van der Waals surface area contributed by atoms with Gasteiger partial charge in [-0.1, -0.05) is 60.7 Å². The summed E-state index contributed by atoms with van der Waals surface area (Å²) in [5, 5.41) is 13.2. The number of hydrogen-bond donors (Lipinski definition) is 2. The lowest BCUT2D eigenvalue weighted by Crippen LogP contribution is -2.32. The number of hydrogen-bond acceptors (Lipinski definition) is 4. The molecule has 0 aliphatic carbocycles. The Morgan fingerprint density at radius 2 is 1.54 bits per heavy atom. The van der Waals surface area contributed by atoms with E-state index in [-0.39, 0.29) is 11.3 Å². The van der Waals surface area contributed by atoms with Crippen LogP contribution in [0.1, 0.15) is 0 Å². The Morgan fingerprint density at radius 1 is 0.962 bits per heavy atom. The van der Waals surface area contributed by atoms with Crippen molar-refractivity contribution in [2.24, 2.45) is 5.73 Å². The minimum atomic E-state index is -0.876. The number of thiophene rings is 1. The highest BCUT2D eigenvalue weighted by Gasteiger charge is 2.24. The van der Waals surface area contributed by atoms with Crippen LogP contribution >= 0.6 is 11.3 Å². The third-order valence-corrected chi connectivity index (χ3v) is 5.20. The Balaban J connectivity index is 2.17. The fraction of sp³-hybridized carbons (Fsp3) is 0. The highest BCUT2D eigenvalue weighted by atomic mass is 32.1. The lowest BCUT2D eigenvalue weighted by atomic mass is 10.0. The summed E-state index contributed by atoms with van der Waals surface area (Å²) in [6, 6.07) is 17.4. The van der Waals surface area contributed by atoms with E-state index in [1.807, 2.05) is 41.8 Å². The van der Waals surface area contributed by atoms with E-state index in [1.54, 1.807) is 24.3 Å². The molecule has 2 heterocycles. The number of nitrogens with two attached hydrogens (primary N) is 1. The van der Waals surface area contributed by atoms with Gasteiger partial charge in [0.25, 0.3) is 5.56 Å². The minimum Gasteiger partial charge on any atom is -0.506 e. The molecule has 1 amide bonds. The Kier molecular flexibility index (Phi) is 3.82. The fourth-order valence-electron chi connectivity index (χ4n) is 3.07. The third kappa shape index (κ3) is 2.39. The van der Waals surface area contributed by atoms with Crippen molar-refractivity contribution in [3.05, 3.63) is 76.4 Å². The van der Waals surface area contributed by atoms with Gasteiger partial charge >= 0.3 is 6.03 Å². The van der Waals surface area contributed by atoms with Crippen molar-refractivity contribution in [1.82, 2.24) is 4.57 Å². The molecule has 0 bridgehead atoms. The molecule has 0 saturated heterocycles. The Labute approximate surface area is 152 Å². The summed E-state index contributed by atoms with van der Waals surface area (Å²) in [6.07, 6.45) is 0. The first kappa shape index (κ1) is 16.1. The predicted octanol–water partition coefficient (Wildman–Crippen LogP) is 4.03. The minimum absolute atomic E-state index is 0.0625. The number of fused-ring (bicyclic) bond motifs is 1. The molecule has 2 aromatic heterocycles. The molecule has 128 valence electrons. The molecule has 0 fully saturated rings.